The highest BCUT2D eigenvalue weighted by Gasteiger charge is 2.42. The molecular formula is C17H25NO2. The van der Waals surface area contributed by atoms with Gasteiger partial charge in [-0.15, -0.1) is 0 Å². The van der Waals surface area contributed by atoms with Gasteiger partial charge in [0, 0.05) is 24.5 Å². The maximum Gasteiger partial charge on any atom is 0.308 e. The van der Waals surface area contributed by atoms with E-state index in [9.17, 15) is 9.90 Å². The molecule has 0 aromatic heterocycles. The molecule has 0 bridgehead atoms. The van der Waals surface area contributed by atoms with E-state index < -0.39 is 5.97 Å². The number of likely N-dealkylation sites (tertiary alicyclic amines) is 1. The van der Waals surface area contributed by atoms with Crippen molar-refractivity contribution in [3.05, 3.63) is 34.9 Å². The third-order valence-corrected chi connectivity index (χ3v) is 4.63. The number of carbonyl (C=O) groups is 1. The van der Waals surface area contributed by atoms with Crippen LogP contribution in [-0.2, 0) is 4.79 Å². The molecule has 0 spiro atoms. The Morgan fingerprint density at radius 2 is 1.90 bits per heavy atom. The standard InChI is InChI=1S/C17H25NO2/c1-11-7-6-8-13(12(11)2)14-9-18(17(3,4)5)10-15(14)16(19)20/h6-8,14-15H,9-10H2,1-5H3,(H,19,20)/t14-,15+/m1/s1. The summed E-state index contributed by atoms with van der Waals surface area (Å²) in [5.41, 5.74) is 3.68. The molecule has 0 radical (unpaired) electrons. The number of benzene rings is 1. The van der Waals surface area contributed by atoms with Crippen LogP contribution in [0.2, 0.25) is 0 Å². The molecule has 1 heterocycles. The number of aryl methyl sites for hydroxylation is 1. The molecule has 1 aromatic carbocycles. The first-order valence-corrected chi connectivity index (χ1v) is 7.25. The summed E-state index contributed by atoms with van der Waals surface area (Å²) in [6.45, 7) is 12.1. The number of aliphatic carboxylic acids is 1. The quantitative estimate of drug-likeness (QED) is 0.901. The third-order valence-electron chi connectivity index (χ3n) is 4.63. The number of nitrogens with zero attached hydrogens (tertiary/aromatic N) is 1. The predicted molar refractivity (Wildman–Crippen MR) is 81.1 cm³/mol. The molecule has 110 valence electrons. The number of carboxylic acid groups (broad SMARTS) is 1. The van der Waals surface area contributed by atoms with Crippen molar-refractivity contribution in [3.8, 4) is 0 Å². The van der Waals surface area contributed by atoms with Crippen molar-refractivity contribution in [1.29, 1.82) is 0 Å². The lowest BCUT2D eigenvalue weighted by molar-refractivity contribution is -0.141. The first kappa shape index (κ1) is 15.0. The normalized spacial score (nSPS) is 24.1. The Kier molecular flexibility index (Phi) is 3.92. The number of rotatable bonds is 2. The summed E-state index contributed by atoms with van der Waals surface area (Å²) in [5, 5.41) is 9.56. The van der Waals surface area contributed by atoms with Gasteiger partial charge in [-0.3, -0.25) is 9.69 Å². The van der Waals surface area contributed by atoms with Crippen LogP contribution in [0.5, 0.6) is 0 Å². The predicted octanol–water partition coefficient (Wildman–Crippen LogP) is 3.20. The van der Waals surface area contributed by atoms with Gasteiger partial charge in [-0.05, 0) is 51.3 Å². The highest BCUT2D eigenvalue weighted by molar-refractivity contribution is 5.72. The number of hydrogen-bond acceptors (Lipinski definition) is 2. The topological polar surface area (TPSA) is 40.5 Å². The largest absolute Gasteiger partial charge is 0.481 e. The fourth-order valence-corrected chi connectivity index (χ4v) is 3.09. The van der Waals surface area contributed by atoms with Gasteiger partial charge in [-0.2, -0.15) is 0 Å². The number of carboxylic acids is 1. The minimum Gasteiger partial charge on any atom is -0.481 e. The van der Waals surface area contributed by atoms with Gasteiger partial charge >= 0.3 is 5.97 Å². The summed E-state index contributed by atoms with van der Waals surface area (Å²) in [4.78, 5) is 13.9. The van der Waals surface area contributed by atoms with Crippen LogP contribution in [0.1, 0.15) is 43.4 Å². The summed E-state index contributed by atoms with van der Waals surface area (Å²) in [6.07, 6.45) is 0. The van der Waals surface area contributed by atoms with Crippen molar-refractivity contribution in [2.45, 2.75) is 46.1 Å². The monoisotopic (exact) mass is 275 g/mol. The Bertz CT molecular complexity index is 516. The summed E-state index contributed by atoms with van der Waals surface area (Å²) >= 11 is 0. The zero-order chi connectivity index (χ0) is 15.1. The minimum atomic E-state index is -0.678. The van der Waals surface area contributed by atoms with Crippen molar-refractivity contribution in [3.63, 3.8) is 0 Å². The van der Waals surface area contributed by atoms with E-state index in [1.807, 2.05) is 6.07 Å². The van der Waals surface area contributed by atoms with E-state index in [4.69, 9.17) is 0 Å². The Hall–Kier alpha value is -1.35. The van der Waals surface area contributed by atoms with Crippen LogP contribution in [0.15, 0.2) is 18.2 Å². The van der Waals surface area contributed by atoms with Gasteiger partial charge in [0.2, 0.25) is 0 Å². The molecule has 0 amide bonds. The average Bonchev–Trinajstić information content (AvgIpc) is 2.77. The summed E-state index contributed by atoms with van der Waals surface area (Å²) in [6, 6.07) is 6.22. The molecule has 3 heteroatoms. The molecule has 2 atom stereocenters. The van der Waals surface area contributed by atoms with Gasteiger partial charge in [-0.1, -0.05) is 18.2 Å². The van der Waals surface area contributed by atoms with Crippen LogP contribution >= 0.6 is 0 Å². The SMILES string of the molecule is Cc1cccc([C@H]2CN(C(C)(C)C)C[C@@H]2C(=O)O)c1C. The van der Waals surface area contributed by atoms with Crippen molar-refractivity contribution in [2.75, 3.05) is 13.1 Å². The van der Waals surface area contributed by atoms with Crippen molar-refractivity contribution >= 4 is 5.97 Å². The van der Waals surface area contributed by atoms with E-state index in [1.54, 1.807) is 0 Å². The highest BCUT2D eigenvalue weighted by atomic mass is 16.4. The lowest BCUT2D eigenvalue weighted by atomic mass is 9.85. The number of hydrogen-bond donors (Lipinski definition) is 1. The molecule has 0 aliphatic carbocycles. The van der Waals surface area contributed by atoms with Crippen molar-refractivity contribution < 1.29 is 9.90 Å². The van der Waals surface area contributed by atoms with Gasteiger partial charge in [0.25, 0.3) is 0 Å². The molecule has 1 aliphatic heterocycles. The lowest BCUT2D eigenvalue weighted by Gasteiger charge is -2.31. The summed E-state index contributed by atoms with van der Waals surface area (Å²) in [5.74, 6) is -0.899. The molecule has 20 heavy (non-hydrogen) atoms. The molecule has 1 aliphatic rings. The molecule has 0 unspecified atom stereocenters. The Morgan fingerprint density at radius 3 is 2.45 bits per heavy atom. The Morgan fingerprint density at radius 1 is 1.25 bits per heavy atom. The van der Waals surface area contributed by atoms with Crippen LogP contribution in [0.25, 0.3) is 0 Å². The van der Waals surface area contributed by atoms with Crippen LogP contribution in [-0.4, -0.2) is 34.6 Å². The van der Waals surface area contributed by atoms with E-state index in [0.717, 1.165) is 6.54 Å². The second-order valence-electron chi connectivity index (χ2n) is 6.92. The third kappa shape index (κ3) is 2.73. The minimum absolute atomic E-state index is 0.0141. The highest BCUT2D eigenvalue weighted by Crippen LogP contribution is 2.38. The summed E-state index contributed by atoms with van der Waals surface area (Å²) < 4.78 is 0. The molecule has 1 aromatic rings. The second-order valence-corrected chi connectivity index (χ2v) is 6.92. The fraction of sp³-hybridized carbons (Fsp3) is 0.588. The van der Waals surface area contributed by atoms with E-state index in [0.29, 0.717) is 6.54 Å². The van der Waals surface area contributed by atoms with Gasteiger partial charge in [0.1, 0.15) is 0 Å². The molecule has 1 saturated heterocycles. The van der Waals surface area contributed by atoms with Gasteiger partial charge in [-0.25, -0.2) is 0 Å². The van der Waals surface area contributed by atoms with Crippen LogP contribution < -0.4 is 0 Å². The molecule has 0 saturated carbocycles. The van der Waals surface area contributed by atoms with Gasteiger partial charge in [0.15, 0.2) is 0 Å². The summed E-state index contributed by atoms with van der Waals surface area (Å²) in [7, 11) is 0. The maximum atomic E-state index is 11.6. The average molecular weight is 275 g/mol. The van der Waals surface area contributed by atoms with Crippen LogP contribution in [0.3, 0.4) is 0 Å². The van der Waals surface area contributed by atoms with Gasteiger partial charge in [0.05, 0.1) is 5.92 Å². The van der Waals surface area contributed by atoms with E-state index in [1.165, 1.54) is 16.7 Å². The molecule has 3 nitrogen and oxygen atoms in total. The molecule has 1 N–H and O–H groups in total. The smallest absolute Gasteiger partial charge is 0.308 e. The maximum absolute atomic E-state index is 11.6. The first-order chi connectivity index (χ1) is 9.21. The molecule has 2 rings (SSSR count). The second kappa shape index (κ2) is 5.21. The molecular weight excluding hydrogens is 250 g/mol. The van der Waals surface area contributed by atoms with Crippen LogP contribution in [0, 0.1) is 19.8 Å². The first-order valence-electron chi connectivity index (χ1n) is 7.25. The van der Waals surface area contributed by atoms with Crippen molar-refractivity contribution in [2.24, 2.45) is 5.92 Å². The van der Waals surface area contributed by atoms with E-state index in [-0.39, 0.29) is 17.4 Å². The fourth-order valence-electron chi connectivity index (χ4n) is 3.09. The zero-order valence-electron chi connectivity index (χ0n) is 13.1. The van der Waals surface area contributed by atoms with Crippen LogP contribution in [0.4, 0.5) is 0 Å². The zero-order valence-corrected chi connectivity index (χ0v) is 13.1. The van der Waals surface area contributed by atoms with Gasteiger partial charge < -0.3 is 5.11 Å². The van der Waals surface area contributed by atoms with E-state index in [2.05, 4.69) is 51.7 Å². The Labute approximate surface area is 121 Å². The molecule has 1 fully saturated rings. The lowest BCUT2D eigenvalue weighted by Crippen LogP contribution is -2.40. The van der Waals surface area contributed by atoms with E-state index >= 15 is 0 Å². The Balaban J connectivity index is 2.38. The van der Waals surface area contributed by atoms with Crippen molar-refractivity contribution in [1.82, 2.24) is 4.90 Å².